The van der Waals surface area contributed by atoms with Crippen LogP contribution in [0.4, 0.5) is 4.39 Å². The van der Waals surface area contributed by atoms with E-state index < -0.39 is 5.60 Å². The molecule has 1 atom stereocenters. The van der Waals surface area contributed by atoms with Crippen LogP contribution in [0.5, 0.6) is 0 Å². The maximum atomic E-state index is 13.7. The lowest BCUT2D eigenvalue weighted by atomic mass is 9.88. The topological polar surface area (TPSA) is 33.1 Å². The Bertz CT molecular complexity index is 611. The van der Waals surface area contributed by atoms with Gasteiger partial charge in [0.1, 0.15) is 11.4 Å². The van der Waals surface area contributed by atoms with E-state index in [-0.39, 0.29) is 5.82 Å². The average molecular weight is 243 g/mol. The van der Waals surface area contributed by atoms with Gasteiger partial charge in [0.15, 0.2) is 0 Å². The average Bonchev–Trinajstić information content (AvgIpc) is 2.70. The van der Waals surface area contributed by atoms with Gasteiger partial charge in [0.2, 0.25) is 0 Å². The minimum Gasteiger partial charge on any atom is -0.380 e. The molecule has 0 radical (unpaired) electrons. The molecule has 1 heterocycles. The van der Waals surface area contributed by atoms with Crippen molar-refractivity contribution in [2.45, 2.75) is 25.4 Å². The summed E-state index contributed by atoms with van der Waals surface area (Å²) < 4.78 is 13.7. The summed E-state index contributed by atoms with van der Waals surface area (Å²) in [5, 5.41) is 10.9. The number of rotatable bonds is 1. The third-order valence-corrected chi connectivity index (χ3v) is 3.65. The Kier molecular flexibility index (Phi) is 2.45. The normalized spacial score (nSPS) is 21.9. The highest BCUT2D eigenvalue weighted by Gasteiger charge is 2.39. The van der Waals surface area contributed by atoms with Crippen LogP contribution in [-0.4, -0.2) is 10.1 Å². The minimum absolute atomic E-state index is 0.232. The molecule has 1 aliphatic carbocycles. The SMILES string of the molecule is Cc1cncc(C2(O)CCc3c(F)cccc32)c1. The first kappa shape index (κ1) is 11.4. The summed E-state index contributed by atoms with van der Waals surface area (Å²) in [7, 11) is 0. The van der Waals surface area contributed by atoms with E-state index >= 15 is 0 Å². The van der Waals surface area contributed by atoms with Crippen LogP contribution in [0.3, 0.4) is 0 Å². The van der Waals surface area contributed by atoms with Gasteiger partial charge in [-0.15, -0.1) is 0 Å². The van der Waals surface area contributed by atoms with Gasteiger partial charge >= 0.3 is 0 Å². The molecule has 3 rings (SSSR count). The Balaban J connectivity index is 2.17. The summed E-state index contributed by atoms with van der Waals surface area (Å²) in [5.41, 5.74) is 1.94. The van der Waals surface area contributed by atoms with Crippen LogP contribution in [0.1, 0.15) is 28.7 Å². The Morgan fingerprint density at radius 2 is 2.17 bits per heavy atom. The number of aromatic nitrogens is 1. The van der Waals surface area contributed by atoms with E-state index in [0.29, 0.717) is 24.0 Å². The molecule has 0 saturated heterocycles. The lowest BCUT2D eigenvalue weighted by Crippen LogP contribution is -2.24. The number of pyridine rings is 1. The molecule has 18 heavy (non-hydrogen) atoms. The highest BCUT2D eigenvalue weighted by atomic mass is 19.1. The number of hydrogen-bond acceptors (Lipinski definition) is 2. The van der Waals surface area contributed by atoms with E-state index in [0.717, 1.165) is 11.1 Å². The summed E-state index contributed by atoms with van der Waals surface area (Å²) in [6, 6.07) is 6.80. The smallest absolute Gasteiger partial charge is 0.126 e. The largest absolute Gasteiger partial charge is 0.380 e. The van der Waals surface area contributed by atoms with Crippen molar-refractivity contribution in [1.29, 1.82) is 0 Å². The van der Waals surface area contributed by atoms with Crippen LogP contribution in [0.2, 0.25) is 0 Å². The molecule has 1 N–H and O–H groups in total. The van der Waals surface area contributed by atoms with Crippen LogP contribution in [0, 0.1) is 12.7 Å². The van der Waals surface area contributed by atoms with Crippen molar-refractivity contribution in [3.8, 4) is 0 Å². The van der Waals surface area contributed by atoms with Crippen molar-refractivity contribution in [2.75, 3.05) is 0 Å². The molecule has 1 aromatic heterocycles. The van der Waals surface area contributed by atoms with E-state index in [1.807, 2.05) is 13.0 Å². The van der Waals surface area contributed by atoms with Gasteiger partial charge in [-0.2, -0.15) is 0 Å². The molecule has 0 spiro atoms. The van der Waals surface area contributed by atoms with Crippen molar-refractivity contribution in [3.63, 3.8) is 0 Å². The maximum absolute atomic E-state index is 13.7. The molecule has 1 aliphatic rings. The van der Waals surface area contributed by atoms with Crippen LogP contribution in [-0.2, 0) is 12.0 Å². The van der Waals surface area contributed by atoms with Gasteiger partial charge in [-0.05, 0) is 48.6 Å². The van der Waals surface area contributed by atoms with Gasteiger partial charge in [-0.25, -0.2) is 4.39 Å². The van der Waals surface area contributed by atoms with Gasteiger partial charge in [0, 0.05) is 18.0 Å². The number of hydrogen-bond donors (Lipinski definition) is 1. The van der Waals surface area contributed by atoms with Crippen LogP contribution >= 0.6 is 0 Å². The lowest BCUT2D eigenvalue weighted by molar-refractivity contribution is 0.0825. The van der Waals surface area contributed by atoms with E-state index in [9.17, 15) is 9.50 Å². The molecule has 92 valence electrons. The highest BCUT2D eigenvalue weighted by Crippen LogP contribution is 2.42. The second-order valence-electron chi connectivity index (χ2n) is 4.88. The van der Waals surface area contributed by atoms with Crippen molar-refractivity contribution in [1.82, 2.24) is 4.98 Å². The highest BCUT2D eigenvalue weighted by molar-refractivity contribution is 5.45. The second kappa shape index (κ2) is 3.89. The predicted molar refractivity (Wildman–Crippen MR) is 66.7 cm³/mol. The first-order valence-electron chi connectivity index (χ1n) is 6.03. The molecule has 2 nitrogen and oxygen atoms in total. The fourth-order valence-electron chi connectivity index (χ4n) is 2.72. The van der Waals surface area contributed by atoms with E-state index in [1.54, 1.807) is 24.5 Å². The summed E-state index contributed by atoms with van der Waals surface area (Å²) in [4.78, 5) is 4.12. The molecular weight excluding hydrogens is 229 g/mol. The first-order chi connectivity index (χ1) is 8.61. The third kappa shape index (κ3) is 1.55. The first-order valence-corrected chi connectivity index (χ1v) is 6.03. The zero-order valence-corrected chi connectivity index (χ0v) is 10.2. The lowest BCUT2D eigenvalue weighted by Gasteiger charge is -2.24. The molecule has 0 aliphatic heterocycles. The monoisotopic (exact) mass is 243 g/mol. The van der Waals surface area contributed by atoms with E-state index in [1.165, 1.54) is 6.07 Å². The van der Waals surface area contributed by atoms with Crippen LogP contribution < -0.4 is 0 Å². The molecule has 3 heteroatoms. The number of benzene rings is 1. The molecule has 2 aromatic rings. The fourth-order valence-corrected chi connectivity index (χ4v) is 2.72. The van der Waals surface area contributed by atoms with Gasteiger partial charge in [0.05, 0.1) is 0 Å². The second-order valence-corrected chi connectivity index (χ2v) is 4.88. The van der Waals surface area contributed by atoms with Gasteiger partial charge < -0.3 is 5.11 Å². The van der Waals surface area contributed by atoms with Gasteiger partial charge in [0.25, 0.3) is 0 Å². The Labute approximate surface area is 105 Å². The standard InChI is InChI=1S/C15H14FNO/c1-10-7-11(9-17-8-10)15(18)6-5-12-13(15)3-2-4-14(12)16/h2-4,7-9,18H,5-6H2,1H3. The fraction of sp³-hybridized carbons (Fsp3) is 0.267. The van der Waals surface area contributed by atoms with Gasteiger partial charge in [-0.3, -0.25) is 4.98 Å². The summed E-state index contributed by atoms with van der Waals surface area (Å²) in [6.45, 7) is 1.93. The number of nitrogens with zero attached hydrogens (tertiary/aromatic N) is 1. The number of fused-ring (bicyclic) bond motifs is 1. The summed E-state index contributed by atoms with van der Waals surface area (Å²) in [6.07, 6.45) is 4.47. The molecule has 0 amide bonds. The Morgan fingerprint density at radius 1 is 1.33 bits per heavy atom. The molecule has 0 bridgehead atoms. The van der Waals surface area contributed by atoms with Crippen molar-refractivity contribution in [2.24, 2.45) is 0 Å². The zero-order valence-electron chi connectivity index (χ0n) is 10.2. The number of aliphatic hydroxyl groups is 1. The van der Waals surface area contributed by atoms with Gasteiger partial charge in [-0.1, -0.05) is 12.1 Å². The zero-order chi connectivity index (χ0) is 12.8. The Hall–Kier alpha value is -1.74. The number of halogens is 1. The molecule has 1 aromatic carbocycles. The van der Waals surface area contributed by atoms with Crippen LogP contribution in [0.25, 0.3) is 0 Å². The molecular formula is C15H14FNO. The minimum atomic E-state index is -1.10. The van der Waals surface area contributed by atoms with Crippen molar-refractivity contribution >= 4 is 0 Å². The maximum Gasteiger partial charge on any atom is 0.126 e. The van der Waals surface area contributed by atoms with E-state index in [4.69, 9.17) is 0 Å². The van der Waals surface area contributed by atoms with Crippen molar-refractivity contribution in [3.05, 3.63) is 64.7 Å². The van der Waals surface area contributed by atoms with Crippen molar-refractivity contribution < 1.29 is 9.50 Å². The molecule has 0 saturated carbocycles. The molecule has 1 unspecified atom stereocenters. The van der Waals surface area contributed by atoms with E-state index in [2.05, 4.69) is 4.98 Å². The summed E-state index contributed by atoms with van der Waals surface area (Å²) in [5.74, 6) is -0.232. The third-order valence-electron chi connectivity index (χ3n) is 3.65. The number of aryl methyl sites for hydroxylation is 1. The Morgan fingerprint density at radius 3 is 2.94 bits per heavy atom. The summed E-state index contributed by atoms with van der Waals surface area (Å²) >= 11 is 0. The van der Waals surface area contributed by atoms with Crippen LogP contribution in [0.15, 0.2) is 36.7 Å². The molecule has 0 fully saturated rings. The quantitative estimate of drug-likeness (QED) is 0.835. The predicted octanol–water partition coefficient (Wildman–Crippen LogP) is 2.71.